The van der Waals surface area contributed by atoms with Gasteiger partial charge in [-0.15, -0.1) is 0 Å². The Bertz CT molecular complexity index is 1310. The van der Waals surface area contributed by atoms with Crippen LogP contribution in [0.15, 0.2) is 42.5 Å². The first-order valence-electron chi connectivity index (χ1n) is 8.73. The number of nitro groups is 2. The normalized spacial score (nSPS) is 12.9. The molecule has 0 atom stereocenters. The van der Waals surface area contributed by atoms with Gasteiger partial charge >= 0.3 is 5.97 Å². The Balaban J connectivity index is 2.06. The fraction of sp³-hybridized carbons (Fsp3) is 0.0500. The number of anilines is 1. The second kappa shape index (κ2) is 6.69. The van der Waals surface area contributed by atoms with Crippen LogP contribution in [0.4, 0.5) is 17.1 Å². The number of hydrogen-bond acceptors (Lipinski definition) is 7. The average Bonchev–Trinajstić information content (AvgIpc) is 2.72. The van der Waals surface area contributed by atoms with E-state index >= 15 is 0 Å². The fourth-order valence-electron chi connectivity index (χ4n) is 3.57. The maximum atomic E-state index is 13.2. The van der Waals surface area contributed by atoms with Gasteiger partial charge in [0.25, 0.3) is 23.2 Å². The molecule has 3 aromatic carbocycles. The van der Waals surface area contributed by atoms with E-state index in [4.69, 9.17) is 0 Å². The van der Waals surface area contributed by atoms with Gasteiger partial charge in [-0.2, -0.15) is 0 Å². The van der Waals surface area contributed by atoms with Crippen molar-refractivity contribution in [3.63, 3.8) is 0 Å². The van der Waals surface area contributed by atoms with Crippen molar-refractivity contribution in [3.05, 3.63) is 84.9 Å². The number of imide groups is 1. The standard InChI is InChI=1S/C20H11N3O8/c1-9-2-3-10(20(26)27)6-16(9)21-18(24)14-7-12(22(28)29)4-11-5-13(23(30)31)8-15(17(11)14)19(21)25/h2-8H,1H3,(H,26,27). The third kappa shape index (κ3) is 2.95. The number of amides is 2. The minimum absolute atomic E-state index is 0.00533. The number of carbonyl (C=O) groups excluding carboxylic acids is 2. The zero-order valence-electron chi connectivity index (χ0n) is 15.7. The molecule has 4 rings (SSSR count). The quantitative estimate of drug-likeness (QED) is 0.380. The number of benzene rings is 3. The van der Waals surface area contributed by atoms with Gasteiger partial charge in [0, 0.05) is 29.7 Å². The van der Waals surface area contributed by atoms with E-state index in [0.29, 0.717) is 10.5 Å². The van der Waals surface area contributed by atoms with E-state index in [1.54, 1.807) is 6.92 Å². The molecule has 0 fully saturated rings. The number of carboxylic acid groups (broad SMARTS) is 1. The Hall–Kier alpha value is -4.67. The highest BCUT2D eigenvalue weighted by Gasteiger charge is 2.37. The molecule has 1 aliphatic rings. The van der Waals surface area contributed by atoms with E-state index in [1.807, 2.05) is 0 Å². The summed E-state index contributed by atoms with van der Waals surface area (Å²) >= 11 is 0. The van der Waals surface area contributed by atoms with Crippen molar-refractivity contribution in [2.24, 2.45) is 0 Å². The minimum Gasteiger partial charge on any atom is -0.478 e. The number of aromatic carboxylic acids is 1. The minimum atomic E-state index is -1.29. The van der Waals surface area contributed by atoms with E-state index in [0.717, 1.165) is 30.3 Å². The highest BCUT2D eigenvalue weighted by molar-refractivity contribution is 6.36. The highest BCUT2D eigenvalue weighted by atomic mass is 16.6. The van der Waals surface area contributed by atoms with Crippen LogP contribution in [0.5, 0.6) is 0 Å². The SMILES string of the molecule is Cc1ccc(C(=O)O)cc1N1C(=O)c2cc([N+](=O)[O-])cc3cc([N+](=O)[O-])cc(c23)C1=O. The van der Waals surface area contributed by atoms with Crippen LogP contribution < -0.4 is 4.90 Å². The summed E-state index contributed by atoms with van der Waals surface area (Å²) in [6, 6.07) is 7.94. The Morgan fingerprint density at radius 2 is 1.42 bits per heavy atom. The van der Waals surface area contributed by atoms with Gasteiger partial charge in [0.2, 0.25) is 0 Å². The first-order valence-corrected chi connectivity index (χ1v) is 8.73. The monoisotopic (exact) mass is 421 g/mol. The van der Waals surface area contributed by atoms with Gasteiger partial charge in [-0.05, 0) is 30.0 Å². The number of carboxylic acids is 1. The molecule has 154 valence electrons. The van der Waals surface area contributed by atoms with Crippen LogP contribution in [0, 0.1) is 27.2 Å². The van der Waals surface area contributed by atoms with E-state index in [9.17, 15) is 39.7 Å². The van der Waals surface area contributed by atoms with Crippen molar-refractivity contribution in [2.45, 2.75) is 6.92 Å². The fourth-order valence-corrected chi connectivity index (χ4v) is 3.57. The molecule has 1 N–H and O–H groups in total. The lowest BCUT2D eigenvalue weighted by Gasteiger charge is -2.28. The molecule has 0 radical (unpaired) electrons. The molecule has 0 bridgehead atoms. The molecule has 0 unspecified atom stereocenters. The number of aryl methyl sites for hydroxylation is 1. The molecule has 2 amide bonds. The Labute approximate surface area is 172 Å². The molecule has 0 aliphatic carbocycles. The first kappa shape index (κ1) is 19.6. The summed E-state index contributed by atoms with van der Waals surface area (Å²) in [6.45, 7) is 1.55. The molecule has 0 spiro atoms. The molecule has 0 saturated heterocycles. The van der Waals surface area contributed by atoms with E-state index in [-0.39, 0.29) is 33.2 Å². The smallest absolute Gasteiger partial charge is 0.335 e. The van der Waals surface area contributed by atoms with Crippen LogP contribution in [0.25, 0.3) is 10.8 Å². The summed E-state index contributed by atoms with van der Waals surface area (Å²) in [7, 11) is 0. The van der Waals surface area contributed by atoms with E-state index < -0.39 is 39.0 Å². The lowest BCUT2D eigenvalue weighted by atomic mass is 9.92. The molecule has 11 heteroatoms. The van der Waals surface area contributed by atoms with Crippen molar-refractivity contribution >= 4 is 45.6 Å². The van der Waals surface area contributed by atoms with Crippen LogP contribution in [-0.4, -0.2) is 32.7 Å². The zero-order valence-corrected chi connectivity index (χ0v) is 15.7. The maximum absolute atomic E-state index is 13.2. The van der Waals surface area contributed by atoms with Crippen molar-refractivity contribution in [1.29, 1.82) is 0 Å². The second-order valence-corrected chi connectivity index (χ2v) is 6.85. The van der Waals surface area contributed by atoms with Gasteiger partial charge in [-0.3, -0.25) is 29.8 Å². The predicted molar refractivity (Wildman–Crippen MR) is 107 cm³/mol. The topological polar surface area (TPSA) is 161 Å². The highest BCUT2D eigenvalue weighted by Crippen LogP contribution is 2.38. The van der Waals surface area contributed by atoms with E-state index in [2.05, 4.69) is 0 Å². The molecule has 11 nitrogen and oxygen atoms in total. The lowest BCUT2D eigenvalue weighted by molar-refractivity contribution is -0.385. The lowest BCUT2D eigenvalue weighted by Crippen LogP contribution is -2.41. The van der Waals surface area contributed by atoms with Gasteiger partial charge < -0.3 is 5.11 Å². The number of nitro benzene ring substituents is 2. The van der Waals surface area contributed by atoms with E-state index in [1.165, 1.54) is 12.1 Å². The third-order valence-electron chi connectivity index (χ3n) is 5.00. The summed E-state index contributed by atoms with van der Waals surface area (Å²) in [4.78, 5) is 59.7. The predicted octanol–water partition coefficient (Wildman–Crippen LogP) is 3.46. The van der Waals surface area contributed by atoms with Crippen LogP contribution in [0.2, 0.25) is 0 Å². The third-order valence-corrected chi connectivity index (χ3v) is 5.00. The Morgan fingerprint density at radius 1 is 0.903 bits per heavy atom. The molecule has 1 aliphatic heterocycles. The molecule has 3 aromatic rings. The average molecular weight is 421 g/mol. The molecule has 0 aromatic heterocycles. The second-order valence-electron chi connectivity index (χ2n) is 6.85. The Kier molecular flexibility index (Phi) is 4.24. The van der Waals surface area contributed by atoms with Crippen LogP contribution in [0.1, 0.15) is 36.6 Å². The van der Waals surface area contributed by atoms with Crippen molar-refractivity contribution in [1.82, 2.24) is 0 Å². The summed E-state index contributed by atoms with van der Waals surface area (Å²) in [6.07, 6.45) is 0. The summed E-state index contributed by atoms with van der Waals surface area (Å²) in [5.74, 6) is -3.08. The molecular formula is C20H11N3O8. The van der Waals surface area contributed by atoms with Gasteiger partial charge in [0.15, 0.2) is 0 Å². The number of non-ortho nitro benzene ring substituents is 2. The van der Waals surface area contributed by atoms with Gasteiger partial charge in [0.1, 0.15) is 0 Å². The summed E-state index contributed by atoms with van der Waals surface area (Å²) in [5, 5.41) is 32.0. The van der Waals surface area contributed by atoms with Gasteiger partial charge in [0.05, 0.1) is 32.2 Å². The molecule has 31 heavy (non-hydrogen) atoms. The number of rotatable bonds is 4. The van der Waals surface area contributed by atoms with Crippen molar-refractivity contribution in [2.75, 3.05) is 4.90 Å². The maximum Gasteiger partial charge on any atom is 0.335 e. The number of carbonyl (C=O) groups is 3. The van der Waals surface area contributed by atoms with Crippen molar-refractivity contribution < 1.29 is 29.3 Å². The first-order chi connectivity index (χ1) is 14.6. The molecular weight excluding hydrogens is 410 g/mol. The van der Waals surface area contributed by atoms with Crippen LogP contribution in [-0.2, 0) is 0 Å². The van der Waals surface area contributed by atoms with Gasteiger partial charge in [-0.25, -0.2) is 9.69 Å². The zero-order chi connectivity index (χ0) is 22.6. The largest absolute Gasteiger partial charge is 0.478 e. The van der Waals surface area contributed by atoms with Gasteiger partial charge in [-0.1, -0.05) is 6.07 Å². The Morgan fingerprint density at radius 3 is 1.87 bits per heavy atom. The molecule has 0 saturated carbocycles. The number of nitrogens with zero attached hydrogens (tertiary/aromatic N) is 3. The molecule has 1 heterocycles. The number of hydrogen-bond donors (Lipinski definition) is 1. The van der Waals surface area contributed by atoms with Crippen molar-refractivity contribution in [3.8, 4) is 0 Å². The van der Waals surface area contributed by atoms with Crippen LogP contribution in [0.3, 0.4) is 0 Å². The van der Waals surface area contributed by atoms with Crippen LogP contribution >= 0.6 is 0 Å². The summed E-state index contributed by atoms with van der Waals surface area (Å²) in [5.41, 5.74) is -1.16. The summed E-state index contributed by atoms with van der Waals surface area (Å²) < 4.78 is 0.